The van der Waals surface area contributed by atoms with Crippen molar-refractivity contribution < 1.29 is 4.92 Å². The molecule has 1 aromatic carbocycles. The molecule has 2 rings (SSSR count). The molecule has 1 unspecified atom stereocenters. The maximum absolute atomic E-state index is 10.9. The number of nitro groups is 1. The highest BCUT2D eigenvalue weighted by molar-refractivity contribution is 5.35. The van der Waals surface area contributed by atoms with Crippen LogP contribution in [0.3, 0.4) is 0 Å². The summed E-state index contributed by atoms with van der Waals surface area (Å²) in [5, 5.41) is 14.1. The van der Waals surface area contributed by atoms with E-state index < -0.39 is 0 Å². The van der Waals surface area contributed by atoms with Gasteiger partial charge < -0.3 is 5.32 Å². The van der Waals surface area contributed by atoms with Crippen LogP contribution in [-0.4, -0.2) is 35.5 Å². The minimum Gasteiger partial charge on any atom is -0.314 e. The van der Waals surface area contributed by atoms with Crippen LogP contribution in [0.25, 0.3) is 0 Å². The molecule has 19 heavy (non-hydrogen) atoms. The number of nitro benzene ring substituents is 1. The first kappa shape index (κ1) is 14.0. The molecule has 104 valence electrons. The maximum atomic E-state index is 10.9. The summed E-state index contributed by atoms with van der Waals surface area (Å²) in [6.45, 7) is 7.35. The first-order valence-corrected chi connectivity index (χ1v) is 6.84. The van der Waals surface area contributed by atoms with Gasteiger partial charge in [-0.3, -0.25) is 15.0 Å². The summed E-state index contributed by atoms with van der Waals surface area (Å²) in [5.74, 6) is 0. The Morgan fingerprint density at radius 2 is 2.26 bits per heavy atom. The van der Waals surface area contributed by atoms with Crippen molar-refractivity contribution in [1.82, 2.24) is 10.2 Å². The third-order valence-corrected chi connectivity index (χ3v) is 3.77. The van der Waals surface area contributed by atoms with Gasteiger partial charge in [-0.05, 0) is 25.5 Å². The molecule has 0 aliphatic carbocycles. The van der Waals surface area contributed by atoms with Crippen LogP contribution in [0.4, 0.5) is 5.69 Å². The fourth-order valence-electron chi connectivity index (χ4n) is 2.55. The van der Waals surface area contributed by atoms with Gasteiger partial charge in [0, 0.05) is 37.3 Å². The van der Waals surface area contributed by atoms with Crippen molar-refractivity contribution in [1.29, 1.82) is 0 Å². The van der Waals surface area contributed by atoms with Crippen LogP contribution in [0.2, 0.25) is 0 Å². The quantitative estimate of drug-likeness (QED) is 0.632. The number of rotatable bonds is 6. The molecule has 1 heterocycles. The average molecular weight is 263 g/mol. The third-order valence-electron chi connectivity index (χ3n) is 3.77. The number of benzene rings is 1. The van der Waals surface area contributed by atoms with Crippen molar-refractivity contribution in [2.75, 3.05) is 19.6 Å². The van der Waals surface area contributed by atoms with Crippen molar-refractivity contribution in [3.05, 3.63) is 39.9 Å². The summed E-state index contributed by atoms with van der Waals surface area (Å²) >= 11 is 0. The first-order chi connectivity index (χ1) is 9.13. The highest BCUT2D eigenvalue weighted by Gasteiger charge is 2.28. The minimum atomic E-state index is -0.328. The standard InChI is InChI=1S/C14H21N3O2/c1-3-7-16(14-9-15-10-14)11(2)12-5-4-6-13(8-12)17(18)19/h4-6,8,11,14-15H,3,7,9-10H2,1-2H3. The Balaban J connectivity index is 2.17. The fraction of sp³-hybridized carbons (Fsp3) is 0.571. The molecule has 5 heteroatoms. The smallest absolute Gasteiger partial charge is 0.269 e. The molecule has 5 nitrogen and oxygen atoms in total. The molecule has 0 saturated carbocycles. The molecule has 0 amide bonds. The lowest BCUT2D eigenvalue weighted by Crippen LogP contribution is -2.57. The predicted molar refractivity (Wildman–Crippen MR) is 75.2 cm³/mol. The molecule has 1 saturated heterocycles. The monoisotopic (exact) mass is 263 g/mol. The maximum Gasteiger partial charge on any atom is 0.269 e. The van der Waals surface area contributed by atoms with Gasteiger partial charge in [0.15, 0.2) is 0 Å². The second-order valence-corrected chi connectivity index (χ2v) is 5.08. The lowest BCUT2D eigenvalue weighted by Gasteiger charge is -2.42. The number of non-ortho nitro benzene ring substituents is 1. The largest absolute Gasteiger partial charge is 0.314 e. The Kier molecular flexibility index (Phi) is 4.50. The highest BCUT2D eigenvalue weighted by Crippen LogP contribution is 2.26. The molecule has 1 fully saturated rings. The van der Waals surface area contributed by atoms with Crippen LogP contribution >= 0.6 is 0 Å². The summed E-state index contributed by atoms with van der Waals surface area (Å²) < 4.78 is 0. The van der Waals surface area contributed by atoms with Gasteiger partial charge in [0.2, 0.25) is 0 Å². The zero-order valence-electron chi connectivity index (χ0n) is 11.5. The van der Waals surface area contributed by atoms with Crippen LogP contribution in [0.15, 0.2) is 24.3 Å². The van der Waals surface area contributed by atoms with Crippen LogP contribution < -0.4 is 5.32 Å². The van der Waals surface area contributed by atoms with E-state index in [1.54, 1.807) is 18.2 Å². The van der Waals surface area contributed by atoms with E-state index in [-0.39, 0.29) is 16.7 Å². The Morgan fingerprint density at radius 3 is 2.79 bits per heavy atom. The van der Waals surface area contributed by atoms with Crippen LogP contribution in [0.1, 0.15) is 31.9 Å². The van der Waals surface area contributed by atoms with Gasteiger partial charge in [-0.25, -0.2) is 0 Å². The number of hydrogen-bond donors (Lipinski definition) is 1. The summed E-state index contributed by atoms with van der Waals surface area (Å²) in [5.41, 5.74) is 1.20. The lowest BCUT2D eigenvalue weighted by atomic mass is 10.0. The third kappa shape index (κ3) is 3.11. The van der Waals surface area contributed by atoms with E-state index in [9.17, 15) is 10.1 Å². The van der Waals surface area contributed by atoms with E-state index in [0.29, 0.717) is 6.04 Å². The van der Waals surface area contributed by atoms with Gasteiger partial charge in [-0.1, -0.05) is 19.1 Å². The Bertz CT molecular complexity index is 446. The first-order valence-electron chi connectivity index (χ1n) is 6.84. The summed E-state index contributed by atoms with van der Waals surface area (Å²) in [7, 11) is 0. The van der Waals surface area contributed by atoms with Crippen molar-refractivity contribution in [3.8, 4) is 0 Å². The van der Waals surface area contributed by atoms with Crippen LogP contribution in [0.5, 0.6) is 0 Å². The van der Waals surface area contributed by atoms with E-state index in [4.69, 9.17) is 0 Å². The lowest BCUT2D eigenvalue weighted by molar-refractivity contribution is -0.385. The molecule has 1 N–H and O–H groups in total. The SMILES string of the molecule is CCCN(C1CNC1)C(C)c1cccc([N+](=O)[O-])c1. The molecule has 1 aliphatic rings. The predicted octanol–water partition coefficient (Wildman–Crippen LogP) is 2.34. The van der Waals surface area contributed by atoms with Crippen molar-refractivity contribution in [2.24, 2.45) is 0 Å². The fourth-order valence-corrected chi connectivity index (χ4v) is 2.55. The number of hydrogen-bond acceptors (Lipinski definition) is 4. The molecular formula is C14H21N3O2. The molecular weight excluding hydrogens is 242 g/mol. The molecule has 1 atom stereocenters. The van der Waals surface area contributed by atoms with Gasteiger partial charge in [0.1, 0.15) is 0 Å². The summed E-state index contributed by atoms with van der Waals surface area (Å²) in [4.78, 5) is 13.0. The van der Waals surface area contributed by atoms with E-state index in [0.717, 1.165) is 31.6 Å². The van der Waals surface area contributed by atoms with Crippen LogP contribution in [0, 0.1) is 10.1 Å². The van der Waals surface area contributed by atoms with E-state index >= 15 is 0 Å². The molecule has 0 bridgehead atoms. The second kappa shape index (κ2) is 6.12. The van der Waals surface area contributed by atoms with E-state index in [2.05, 4.69) is 24.1 Å². The normalized spacial score (nSPS) is 17.2. The summed E-state index contributed by atoms with van der Waals surface area (Å²) in [6.07, 6.45) is 1.09. The van der Waals surface area contributed by atoms with Crippen LogP contribution in [-0.2, 0) is 0 Å². The second-order valence-electron chi connectivity index (χ2n) is 5.08. The van der Waals surface area contributed by atoms with Crippen molar-refractivity contribution >= 4 is 5.69 Å². The Morgan fingerprint density at radius 1 is 1.53 bits per heavy atom. The molecule has 0 spiro atoms. The highest BCUT2D eigenvalue weighted by atomic mass is 16.6. The van der Waals surface area contributed by atoms with Gasteiger partial charge in [-0.2, -0.15) is 0 Å². The molecule has 0 radical (unpaired) electrons. The zero-order valence-corrected chi connectivity index (χ0v) is 11.5. The molecule has 0 aromatic heterocycles. The summed E-state index contributed by atoms with van der Waals surface area (Å²) in [6, 6.07) is 7.76. The van der Waals surface area contributed by atoms with E-state index in [1.165, 1.54) is 0 Å². The zero-order chi connectivity index (χ0) is 13.8. The molecule has 1 aliphatic heterocycles. The van der Waals surface area contributed by atoms with E-state index in [1.807, 2.05) is 6.07 Å². The topological polar surface area (TPSA) is 58.4 Å². The van der Waals surface area contributed by atoms with Gasteiger partial charge in [-0.15, -0.1) is 0 Å². The average Bonchev–Trinajstić information content (AvgIpc) is 2.35. The Hall–Kier alpha value is -1.46. The minimum absolute atomic E-state index is 0.174. The number of nitrogens with one attached hydrogen (secondary N) is 1. The van der Waals surface area contributed by atoms with Crippen molar-refractivity contribution in [2.45, 2.75) is 32.4 Å². The Labute approximate surface area is 113 Å². The molecule has 1 aromatic rings. The van der Waals surface area contributed by atoms with Gasteiger partial charge in [0.25, 0.3) is 5.69 Å². The van der Waals surface area contributed by atoms with Crippen molar-refractivity contribution in [3.63, 3.8) is 0 Å². The van der Waals surface area contributed by atoms with Gasteiger partial charge in [0.05, 0.1) is 4.92 Å². The number of nitrogens with zero attached hydrogens (tertiary/aromatic N) is 2. The van der Waals surface area contributed by atoms with Gasteiger partial charge >= 0.3 is 0 Å².